The van der Waals surface area contributed by atoms with E-state index in [1.54, 1.807) is 17.8 Å². The van der Waals surface area contributed by atoms with Crippen molar-refractivity contribution in [3.63, 3.8) is 0 Å². The molecule has 2 N–H and O–H groups in total. The normalized spacial score (nSPS) is 33.7. The summed E-state index contributed by atoms with van der Waals surface area (Å²) in [4.78, 5) is 21.2. The van der Waals surface area contributed by atoms with Crippen LogP contribution in [0.4, 0.5) is 11.4 Å². The highest BCUT2D eigenvalue weighted by Crippen LogP contribution is 2.56. The molecule has 5 aliphatic rings. The number of carbonyl (C=O) groups excluding carboxylic acids is 1. The van der Waals surface area contributed by atoms with Crippen LogP contribution in [0.1, 0.15) is 24.8 Å². The summed E-state index contributed by atoms with van der Waals surface area (Å²) in [6.07, 6.45) is 8.07. The first kappa shape index (κ1) is 13.2. The number of anilines is 1. The van der Waals surface area contributed by atoms with Crippen molar-refractivity contribution in [3.8, 4) is 5.75 Å². The number of aromatic hydroxyl groups is 1. The highest BCUT2D eigenvalue weighted by molar-refractivity contribution is 8.00. The number of aliphatic imine (C=N–C) groups is 1. The average molecular weight is 337 g/mol. The molecule has 1 fully saturated rings. The first-order valence-corrected chi connectivity index (χ1v) is 9.27. The molecule has 4 aliphatic heterocycles. The largest absolute Gasteiger partial charge is 0.504 e. The first-order valence-electron chi connectivity index (χ1n) is 8.33. The topological polar surface area (TPSA) is 74.0 Å². The van der Waals surface area contributed by atoms with Crippen molar-refractivity contribution in [2.45, 2.75) is 35.3 Å². The maximum atomic E-state index is 12.0. The van der Waals surface area contributed by atoms with Crippen molar-refractivity contribution < 1.29 is 9.90 Å². The predicted octanol–water partition coefficient (Wildman–Crippen LogP) is 1.31. The van der Waals surface area contributed by atoms with Gasteiger partial charge in [0.05, 0.1) is 11.1 Å². The second-order valence-corrected chi connectivity index (χ2v) is 8.47. The Kier molecular flexibility index (Phi) is 2.27. The highest BCUT2D eigenvalue weighted by Gasteiger charge is 2.54. The number of hydrogen-bond acceptors (Lipinski definition) is 6. The Bertz CT molecular complexity index is 1030. The van der Waals surface area contributed by atoms with Crippen LogP contribution in [0.5, 0.6) is 5.75 Å². The second kappa shape index (κ2) is 4.11. The van der Waals surface area contributed by atoms with Gasteiger partial charge in [-0.25, -0.2) is 0 Å². The van der Waals surface area contributed by atoms with E-state index in [-0.39, 0.29) is 27.6 Å². The molecule has 1 aliphatic carbocycles. The summed E-state index contributed by atoms with van der Waals surface area (Å²) in [6.45, 7) is 0.866. The van der Waals surface area contributed by atoms with Gasteiger partial charge >= 0.3 is 0 Å². The van der Waals surface area contributed by atoms with Gasteiger partial charge in [-0.15, -0.1) is 11.8 Å². The summed E-state index contributed by atoms with van der Waals surface area (Å²) in [5.41, 5.74) is 3.79. The summed E-state index contributed by atoms with van der Waals surface area (Å²) in [7, 11) is 0. The summed E-state index contributed by atoms with van der Waals surface area (Å²) >= 11 is 1.78. The summed E-state index contributed by atoms with van der Waals surface area (Å²) in [6, 6.07) is 0. The van der Waals surface area contributed by atoms with E-state index in [9.17, 15) is 9.90 Å². The van der Waals surface area contributed by atoms with Crippen LogP contribution in [0, 0.1) is 0 Å². The minimum absolute atomic E-state index is 0.103. The van der Waals surface area contributed by atoms with Crippen LogP contribution in [-0.2, 0) is 10.2 Å². The number of phenolic OH excluding ortho intramolecular Hbond substituents is 1. The lowest BCUT2D eigenvalue weighted by molar-refractivity contribution is -0.115. The van der Waals surface area contributed by atoms with Crippen molar-refractivity contribution >= 4 is 40.7 Å². The Labute approximate surface area is 142 Å². The van der Waals surface area contributed by atoms with Gasteiger partial charge in [0, 0.05) is 40.6 Å². The van der Waals surface area contributed by atoms with E-state index in [0.29, 0.717) is 17.5 Å². The van der Waals surface area contributed by atoms with Crippen LogP contribution < -0.4 is 15.9 Å². The molecular formula is C18H15N3O2S. The fourth-order valence-corrected chi connectivity index (χ4v) is 6.58. The van der Waals surface area contributed by atoms with Crippen LogP contribution in [0.25, 0.3) is 5.57 Å². The Morgan fingerprint density at radius 1 is 1.42 bits per heavy atom. The van der Waals surface area contributed by atoms with Crippen LogP contribution >= 0.6 is 11.8 Å². The van der Waals surface area contributed by atoms with Crippen LogP contribution in [0.15, 0.2) is 22.1 Å². The van der Waals surface area contributed by atoms with Crippen molar-refractivity contribution in [1.29, 1.82) is 0 Å². The number of ketones is 1. The van der Waals surface area contributed by atoms with E-state index in [2.05, 4.69) is 16.4 Å². The van der Waals surface area contributed by atoms with Gasteiger partial charge in [-0.3, -0.25) is 14.8 Å². The number of rotatable bonds is 0. The van der Waals surface area contributed by atoms with Gasteiger partial charge in [-0.1, -0.05) is 6.08 Å². The number of benzene rings is 1. The minimum atomic E-state index is -0.208. The second-order valence-electron chi connectivity index (χ2n) is 7.09. The standard InChI is InChI=1S/C18H15N3O2S/c22-9-1-3-18-6-11(24-10(18)5-9)21-16-13(18)14-12-8(2-4-19-14)7-20-15(12)17(16)23/h1,3,7,10-11,19,23H,2,4-6H2/t10-,11+,18+/m1/s1. The van der Waals surface area contributed by atoms with Crippen molar-refractivity contribution in [1.82, 2.24) is 0 Å². The van der Waals surface area contributed by atoms with Gasteiger partial charge in [0.2, 0.25) is 0 Å². The molecule has 0 amide bonds. The molecule has 0 radical (unpaired) electrons. The van der Waals surface area contributed by atoms with Crippen LogP contribution in [-0.4, -0.2) is 34.3 Å². The van der Waals surface area contributed by atoms with Gasteiger partial charge in [0.25, 0.3) is 0 Å². The van der Waals surface area contributed by atoms with E-state index >= 15 is 0 Å². The number of nitrogens with one attached hydrogen (secondary N) is 1. The van der Waals surface area contributed by atoms with Crippen LogP contribution in [0.2, 0.25) is 0 Å². The third-order valence-electron chi connectivity index (χ3n) is 5.89. The molecule has 6 heteroatoms. The van der Waals surface area contributed by atoms with Gasteiger partial charge < -0.3 is 10.4 Å². The number of fused-ring (bicyclic) bond motifs is 3. The third-order valence-corrected chi connectivity index (χ3v) is 7.39. The van der Waals surface area contributed by atoms with Crippen molar-refractivity contribution in [2.75, 3.05) is 11.9 Å². The molecule has 4 heterocycles. The molecule has 24 heavy (non-hydrogen) atoms. The number of carbonyl (C=O) groups is 1. The first-order chi connectivity index (χ1) is 11.7. The molecule has 1 aromatic rings. The number of thioether (sulfide) groups is 1. The lowest BCUT2D eigenvalue weighted by atomic mass is 9.68. The molecule has 1 spiro atoms. The fraction of sp³-hybridized carbons (Fsp3) is 0.389. The molecule has 120 valence electrons. The predicted molar refractivity (Wildman–Crippen MR) is 93.8 cm³/mol. The lowest BCUT2D eigenvalue weighted by Gasteiger charge is -2.37. The van der Waals surface area contributed by atoms with Gasteiger partial charge in [-0.2, -0.15) is 0 Å². The van der Waals surface area contributed by atoms with Gasteiger partial charge in [-0.05, 0) is 24.5 Å². The maximum Gasteiger partial charge on any atom is 0.167 e. The fourth-order valence-electron chi connectivity index (χ4n) is 4.87. The minimum Gasteiger partial charge on any atom is -0.504 e. The molecule has 6 rings (SSSR count). The Hall–Kier alpha value is -2.08. The van der Waals surface area contributed by atoms with Crippen molar-refractivity contribution in [2.24, 2.45) is 9.98 Å². The number of phenols is 1. The lowest BCUT2D eigenvalue weighted by Crippen LogP contribution is -2.44. The molecule has 0 saturated carbocycles. The summed E-state index contributed by atoms with van der Waals surface area (Å²) in [5.74, 6) is 0.393. The smallest absolute Gasteiger partial charge is 0.167 e. The zero-order valence-electron chi connectivity index (χ0n) is 12.9. The molecule has 0 aromatic heterocycles. The van der Waals surface area contributed by atoms with Gasteiger partial charge in [0.1, 0.15) is 11.0 Å². The molecule has 5 nitrogen and oxygen atoms in total. The third kappa shape index (κ3) is 1.38. The molecular weight excluding hydrogens is 322 g/mol. The zero-order chi connectivity index (χ0) is 16.1. The average Bonchev–Trinajstić information content (AvgIpc) is 3.12. The van der Waals surface area contributed by atoms with E-state index in [1.807, 2.05) is 6.21 Å². The number of nitrogens with zero attached hydrogens (tertiary/aromatic N) is 2. The molecule has 2 bridgehead atoms. The van der Waals surface area contributed by atoms with E-state index in [1.165, 1.54) is 5.57 Å². The van der Waals surface area contributed by atoms with Crippen LogP contribution in [0.3, 0.4) is 0 Å². The summed E-state index contributed by atoms with van der Waals surface area (Å²) in [5, 5.41) is 16.5. The Balaban J connectivity index is 1.79. The molecule has 3 atom stereocenters. The zero-order valence-corrected chi connectivity index (χ0v) is 13.7. The van der Waals surface area contributed by atoms with Gasteiger partial charge in [0.15, 0.2) is 11.5 Å². The Morgan fingerprint density at radius 2 is 2.33 bits per heavy atom. The molecule has 1 saturated heterocycles. The van der Waals surface area contributed by atoms with E-state index < -0.39 is 0 Å². The molecule has 1 aromatic carbocycles. The van der Waals surface area contributed by atoms with Crippen molar-refractivity contribution in [3.05, 3.63) is 28.3 Å². The monoisotopic (exact) mass is 337 g/mol. The summed E-state index contributed by atoms with van der Waals surface area (Å²) < 4.78 is 0. The molecule has 0 unspecified atom stereocenters. The highest BCUT2D eigenvalue weighted by atomic mass is 32.2. The number of hydrogen-bond donors (Lipinski definition) is 2. The van der Waals surface area contributed by atoms with E-state index in [0.717, 1.165) is 35.9 Å². The SMILES string of the molecule is O=C1C=C[C@@]23C[C@@H](N=c4c(O)c5c6c(c42)NCCC=6C=N5)S[C@@H]3C1. The van der Waals surface area contributed by atoms with E-state index in [4.69, 9.17) is 4.99 Å². The Morgan fingerprint density at radius 3 is 3.25 bits per heavy atom. The maximum absolute atomic E-state index is 12.0. The quantitative estimate of drug-likeness (QED) is 0.700. The number of allylic oxidation sites excluding steroid dienone is 2.